The predicted octanol–water partition coefficient (Wildman–Crippen LogP) is 2.59. The van der Waals surface area contributed by atoms with Gasteiger partial charge in [-0.1, -0.05) is 30.3 Å². The lowest BCUT2D eigenvalue weighted by atomic mass is 9.84. The molecule has 19 heavy (non-hydrogen) atoms. The van der Waals surface area contributed by atoms with Crippen molar-refractivity contribution in [2.45, 2.75) is 38.3 Å². The summed E-state index contributed by atoms with van der Waals surface area (Å²) >= 11 is 0. The Morgan fingerprint density at radius 3 is 2.47 bits per heavy atom. The number of carbonyl (C=O) groups excluding carboxylic acids is 2. The van der Waals surface area contributed by atoms with Gasteiger partial charge in [0.05, 0.1) is 6.04 Å². The number of carbonyl (C=O) groups is 2. The summed E-state index contributed by atoms with van der Waals surface area (Å²) < 4.78 is 5.29. The highest BCUT2D eigenvalue weighted by Gasteiger charge is 2.44. The Morgan fingerprint density at radius 1 is 1.32 bits per heavy atom. The fraction of sp³-hybridized carbons (Fsp3) is 0.467. The van der Waals surface area contributed by atoms with Gasteiger partial charge in [-0.3, -0.25) is 4.90 Å². The topological polar surface area (TPSA) is 46.6 Å². The van der Waals surface area contributed by atoms with Gasteiger partial charge in [0, 0.05) is 12.5 Å². The number of hydrogen-bond donors (Lipinski definition) is 0. The van der Waals surface area contributed by atoms with Crippen LogP contribution in [0.1, 0.15) is 32.3 Å². The van der Waals surface area contributed by atoms with Gasteiger partial charge < -0.3 is 9.53 Å². The molecule has 2 rings (SSSR count). The van der Waals surface area contributed by atoms with Gasteiger partial charge in [0.25, 0.3) is 0 Å². The molecule has 1 aliphatic rings. The number of ether oxygens (including phenoxy) is 1. The van der Waals surface area contributed by atoms with Gasteiger partial charge in [0.15, 0.2) is 0 Å². The average molecular weight is 261 g/mol. The van der Waals surface area contributed by atoms with E-state index in [9.17, 15) is 9.59 Å². The molecular weight excluding hydrogens is 242 g/mol. The van der Waals surface area contributed by atoms with Crippen molar-refractivity contribution in [1.82, 2.24) is 4.90 Å². The van der Waals surface area contributed by atoms with Crippen LogP contribution < -0.4 is 0 Å². The second-order valence-electron chi connectivity index (χ2n) is 5.78. The van der Waals surface area contributed by atoms with Crippen LogP contribution in [0.5, 0.6) is 0 Å². The van der Waals surface area contributed by atoms with Gasteiger partial charge in [0.2, 0.25) is 0 Å². The highest BCUT2D eigenvalue weighted by Crippen LogP contribution is 2.34. The normalized spacial score (nSPS) is 22.6. The number of benzene rings is 1. The smallest absolute Gasteiger partial charge is 0.410 e. The van der Waals surface area contributed by atoms with Gasteiger partial charge in [-0.15, -0.1) is 0 Å². The fourth-order valence-corrected chi connectivity index (χ4v) is 2.21. The number of aldehydes is 1. The summed E-state index contributed by atoms with van der Waals surface area (Å²) in [7, 11) is 0. The average Bonchev–Trinajstić information content (AvgIpc) is 2.27. The SMILES string of the molecule is CC(C)(C)OC(=O)N1CC(c2ccccc2)C1C=O. The number of nitrogens with zero attached hydrogens (tertiary/aromatic N) is 1. The van der Waals surface area contributed by atoms with Crippen molar-refractivity contribution in [1.29, 1.82) is 0 Å². The molecule has 4 heteroatoms. The molecule has 2 atom stereocenters. The Balaban J connectivity index is 2.05. The number of likely N-dealkylation sites (tertiary alicyclic amines) is 1. The first-order valence-electron chi connectivity index (χ1n) is 6.42. The minimum absolute atomic E-state index is 0.0752. The first-order chi connectivity index (χ1) is 8.92. The van der Waals surface area contributed by atoms with Crippen molar-refractivity contribution in [2.24, 2.45) is 0 Å². The maximum atomic E-state index is 11.9. The Morgan fingerprint density at radius 2 is 1.95 bits per heavy atom. The van der Waals surface area contributed by atoms with E-state index in [1.54, 1.807) is 0 Å². The lowest BCUT2D eigenvalue weighted by Crippen LogP contribution is -2.58. The lowest BCUT2D eigenvalue weighted by molar-refractivity contribution is -0.117. The second-order valence-corrected chi connectivity index (χ2v) is 5.78. The zero-order valence-electron chi connectivity index (χ0n) is 11.5. The Kier molecular flexibility index (Phi) is 3.60. The molecule has 1 heterocycles. The van der Waals surface area contributed by atoms with Crippen LogP contribution in [-0.4, -0.2) is 35.5 Å². The number of hydrogen-bond acceptors (Lipinski definition) is 3. The minimum atomic E-state index is -0.539. The molecule has 0 bridgehead atoms. The standard InChI is InChI=1S/C15H19NO3/c1-15(2,3)19-14(18)16-9-12(13(16)10-17)11-7-5-4-6-8-11/h4-8,10,12-13H,9H2,1-3H3. The summed E-state index contributed by atoms with van der Waals surface area (Å²) in [6.45, 7) is 5.97. The molecule has 1 fully saturated rings. The maximum Gasteiger partial charge on any atom is 0.410 e. The van der Waals surface area contributed by atoms with Gasteiger partial charge in [0.1, 0.15) is 11.9 Å². The van der Waals surface area contributed by atoms with Crippen molar-refractivity contribution in [2.75, 3.05) is 6.54 Å². The molecule has 1 aromatic rings. The Bertz CT molecular complexity index is 464. The summed E-state index contributed by atoms with van der Waals surface area (Å²) in [5.74, 6) is 0.0752. The molecule has 1 aromatic carbocycles. The Hall–Kier alpha value is -1.84. The van der Waals surface area contributed by atoms with E-state index in [0.29, 0.717) is 6.54 Å². The summed E-state index contributed by atoms with van der Waals surface area (Å²) in [6.07, 6.45) is 0.405. The van der Waals surface area contributed by atoms with Crippen LogP contribution in [0.15, 0.2) is 30.3 Å². The molecule has 2 unspecified atom stereocenters. The van der Waals surface area contributed by atoms with Crippen molar-refractivity contribution in [3.63, 3.8) is 0 Å². The molecule has 4 nitrogen and oxygen atoms in total. The molecule has 0 aromatic heterocycles. The van der Waals surface area contributed by atoms with E-state index in [0.717, 1.165) is 11.8 Å². The number of amides is 1. The molecule has 1 saturated heterocycles. The predicted molar refractivity (Wildman–Crippen MR) is 72.0 cm³/mol. The summed E-state index contributed by atoms with van der Waals surface area (Å²) in [5.41, 5.74) is 0.543. The van der Waals surface area contributed by atoms with Gasteiger partial charge >= 0.3 is 6.09 Å². The van der Waals surface area contributed by atoms with Crippen LogP contribution in [0.3, 0.4) is 0 Å². The third-order valence-corrected chi connectivity index (χ3v) is 3.16. The van der Waals surface area contributed by atoms with Crippen LogP contribution in [0.25, 0.3) is 0 Å². The quantitative estimate of drug-likeness (QED) is 0.769. The lowest BCUT2D eigenvalue weighted by Gasteiger charge is -2.45. The molecule has 0 N–H and O–H groups in total. The second kappa shape index (κ2) is 5.03. The van der Waals surface area contributed by atoms with E-state index >= 15 is 0 Å². The van der Waals surface area contributed by atoms with Crippen LogP contribution in [0, 0.1) is 0 Å². The highest BCUT2D eigenvalue weighted by atomic mass is 16.6. The molecular formula is C15H19NO3. The van der Waals surface area contributed by atoms with Gasteiger partial charge in [-0.05, 0) is 26.3 Å². The minimum Gasteiger partial charge on any atom is -0.444 e. The van der Waals surface area contributed by atoms with Crippen molar-refractivity contribution < 1.29 is 14.3 Å². The third kappa shape index (κ3) is 2.95. The monoisotopic (exact) mass is 261 g/mol. The molecule has 0 radical (unpaired) electrons. The zero-order chi connectivity index (χ0) is 14.0. The summed E-state index contributed by atoms with van der Waals surface area (Å²) in [4.78, 5) is 24.6. The zero-order valence-corrected chi connectivity index (χ0v) is 11.5. The molecule has 0 aliphatic carbocycles. The van der Waals surface area contributed by atoms with Gasteiger partial charge in [-0.2, -0.15) is 0 Å². The van der Waals surface area contributed by atoms with Crippen molar-refractivity contribution >= 4 is 12.4 Å². The van der Waals surface area contributed by atoms with Crippen LogP contribution in [0.4, 0.5) is 4.79 Å². The third-order valence-electron chi connectivity index (χ3n) is 3.16. The largest absolute Gasteiger partial charge is 0.444 e. The molecule has 1 amide bonds. The van der Waals surface area contributed by atoms with Crippen molar-refractivity contribution in [3.05, 3.63) is 35.9 Å². The first-order valence-corrected chi connectivity index (χ1v) is 6.42. The van der Waals surface area contributed by atoms with E-state index in [1.807, 2.05) is 51.1 Å². The molecule has 102 valence electrons. The van der Waals surface area contributed by atoms with E-state index in [-0.39, 0.29) is 5.92 Å². The van der Waals surface area contributed by atoms with E-state index in [4.69, 9.17) is 4.74 Å². The van der Waals surface area contributed by atoms with Crippen LogP contribution >= 0.6 is 0 Å². The first kappa shape index (κ1) is 13.6. The van der Waals surface area contributed by atoms with Gasteiger partial charge in [-0.25, -0.2) is 4.79 Å². The maximum absolute atomic E-state index is 11.9. The van der Waals surface area contributed by atoms with E-state index < -0.39 is 17.7 Å². The molecule has 0 spiro atoms. The summed E-state index contributed by atoms with van der Waals surface area (Å²) in [6, 6.07) is 9.35. The Labute approximate surface area is 113 Å². The molecule has 1 aliphatic heterocycles. The van der Waals surface area contributed by atoms with Crippen LogP contribution in [-0.2, 0) is 9.53 Å². The van der Waals surface area contributed by atoms with E-state index in [2.05, 4.69) is 0 Å². The molecule has 0 saturated carbocycles. The highest BCUT2D eigenvalue weighted by molar-refractivity contribution is 5.77. The van der Waals surface area contributed by atoms with E-state index in [1.165, 1.54) is 4.90 Å². The van der Waals surface area contributed by atoms with Crippen LogP contribution in [0.2, 0.25) is 0 Å². The number of rotatable bonds is 2. The fourth-order valence-electron chi connectivity index (χ4n) is 2.21. The van der Waals surface area contributed by atoms with Crippen molar-refractivity contribution in [3.8, 4) is 0 Å². The summed E-state index contributed by atoms with van der Waals surface area (Å²) in [5, 5.41) is 0.